The summed E-state index contributed by atoms with van der Waals surface area (Å²) in [4.78, 5) is 12.5. The first-order valence-electron chi connectivity index (χ1n) is 7.24. The van der Waals surface area contributed by atoms with Crippen molar-refractivity contribution in [3.63, 3.8) is 0 Å². The number of fused-ring (bicyclic) bond motifs is 1. The Morgan fingerprint density at radius 1 is 1.00 bits per heavy atom. The van der Waals surface area contributed by atoms with E-state index in [2.05, 4.69) is 0 Å². The minimum atomic E-state index is 0.0210. The van der Waals surface area contributed by atoms with Crippen LogP contribution in [0.1, 0.15) is 32.6 Å². The van der Waals surface area contributed by atoms with Crippen LogP contribution in [0.4, 0.5) is 0 Å². The number of carbonyl (C=O) groups excluding carboxylic acids is 1. The Kier molecular flexibility index (Phi) is 3.72. The quantitative estimate of drug-likeness (QED) is 0.627. The van der Waals surface area contributed by atoms with Crippen molar-refractivity contribution in [3.8, 4) is 11.5 Å². The molecule has 22 heavy (non-hydrogen) atoms. The van der Waals surface area contributed by atoms with Gasteiger partial charge in [0, 0.05) is 5.56 Å². The third-order valence-corrected chi connectivity index (χ3v) is 3.75. The van der Waals surface area contributed by atoms with Crippen molar-refractivity contribution in [2.24, 2.45) is 0 Å². The second-order valence-electron chi connectivity index (χ2n) is 5.58. The van der Waals surface area contributed by atoms with Gasteiger partial charge < -0.3 is 9.47 Å². The van der Waals surface area contributed by atoms with Gasteiger partial charge in [-0.25, -0.2) is 0 Å². The number of benzene rings is 2. The summed E-state index contributed by atoms with van der Waals surface area (Å²) in [5, 5.41) is 0. The van der Waals surface area contributed by atoms with Crippen LogP contribution in [0.15, 0.2) is 36.4 Å². The molecular weight excluding hydrogens is 276 g/mol. The Labute approximate surface area is 130 Å². The Bertz CT molecular complexity index is 749. The first-order chi connectivity index (χ1) is 10.5. The average molecular weight is 294 g/mol. The number of ketones is 1. The number of aryl methyl sites for hydroxylation is 3. The van der Waals surface area contributed by atoms with Crippen LogP contribution < -0.4 is 9.47 Å². The average Bonchev–Trinajstić information content (AvgIpc) is 2.91. The van der Waals surface area contributed by atoms with E-state index < -0.39 is 0 Å². The van der Waals surface area contributed by atoms with E-state index in [1.807, 2.05) is 57.2 Å². The lowest BCUT2D eigenvalue weighted by Gasteiger charge is -2.08. The summed E-state index contributed by atoms with van der Waals surface area (Å²) in [6.45, 7) is 6.24. The molecule has 0 saturated heterocycles. The van der Waals surface area contributed by atoms with Crippen molar-refractivity contribution in [1.82, 2.24) is 0 Å². The zero-order valence-electron chi connectivity index (χ0n) is 13.0. The molecule has 0 radical (unpaired) electrons. The third-order valence-electron chi connectivity index (χ3n) is 3.75. The lowest BCUT2D eigenvalue weighted by Crippen LogP contribution is -2.02. The van der Waals surface area contributed by atoms with E-state index in [-0.39, 0.29) is 12.6 Å². The summed E-state index contributed by atoms with van der Waals surface area (Å²) in [5.74, 6) is 1.48. The predicted octanol–water partition coefficient (Wildman–Crippen LogP) is 4.24. The monoisotopic (exact) mass is 294 g/mol. The molecule has 0 aromatic heterocycles. The van der Waals surface area contributed by atoms with Crippen molar-refractivity contribution in [3.05, 3.63) is 64.2 Å². The highest BCUT2D eigenvalue weighted by atomic mass is 16.7. The summed E-state index contributed by atoms with van der Waals surface area (Å²) >= 11 is 0. The van der Waals surface area contributed by atoms with Crippen LogP contribution in [0.2, 0.25) is 0 Å². The number of ether oxygens (including phenoxy) is 2. The lowest BCUT2D eigenvalue weighted by molar-refractivity contribution is 0.104. The number of rotatable bonds is 3. The van der Waals surface area contributed by atoms with Gasteiger partial charge in [-0.1, -0.05) is 29.8 Å². The third kappa shape index (κ3) is 2.75. The molecule has 2 aromatic carbocycles. The van der Waals surface area contributed by atoms with E-state index in [9.17, 15) is 4.79 Å². The second kappa shape index (κ2) is 5.68. The SMILES string of the molecule is Cc1cc(C)c(C(=O)C=Cc2ccc3c(c2)OCO3)c(C)c1. The van der Waals surface area contributed by atoms with Gasteiger partial charge in [-0.05, 0) is 55.7 Å². The standard InChI is InChI=1S/C19H18O3/c1-12-8-13(2)19(14(3)9-12)16(20)6-4-15-5-7-17-18(10-15)22-11-21-17/h4-10H,11H2,1-3H3. The Hall–Kier alpha value is -2.55. The van der Waals surface area contributed by atoms with Gasteiger partial charge in [-0.2, -0.15) is 0 Å². The Morgan fingerprint density at radius 3 is 2.41 bits per heavy atom. The van der Waals surface area contributed by atoms with E-state index in [0.717, 1.165) is 33.8 Å². The maximum absolute atomic E-state index is 12.5. The molecular formula is C19H18O3. The summed E-state index contributed by atoms with van der Waals surface area (Å²) in [6, 6.07) is 9.71. The Balaban J connectivity index is 1.85. The van der Waals surface area contributed by atoms with E-state index in [4.69, 9.17) is 9.47 Å². The molecule has 2 aromatic rings. The molecule has 0 atom stereocenters. The summed E-state index contributed by atoms with van der Waals surface area (Å²) < 4.78 is 10.6. The molecule has 0 bridgehead atoms. The van der Waals surface area contributed by atoms with Crippen LogP contribution in [-0.4, -0.2) is 12.6 Å². The molecule has 112 valence electrons. The topological polar surface area (TPSA) is 35.5 Å². The van der Waals surface area contributed by atoms with Gasteiger partial charge in [0.05, 0.1) is 0 Å². The van der Waals surface area contributed by atoms with E-state index in [0.29, 0.717) is 0 Å². The van der Waals surface area contributed by atoms with Crippen molar-refractivity contribution in [2.45, 2.75) is 20.8 Å². The highest BCUT2D eigenvalue weighted by Gasteiger charge is 2.13. The smallest absolute Gasteiger partial charge is 0.231 e. The maximum Gasteiger partial charge on any atom is 0.231 e. The largest absolute Gasteiger partial charge is 0.454 e. The van der Waals surface area contributed by atoms with Crippen LogP contribution in [0.5, 0.6) is 11.5 Å². The summed E-state index contributed by atoms with van der Waals surface area (Å²) in [5.41, 5.74) is 4.89. The first-order valence-corrected chi connectivity index (χ1v) is 7.24. The molecule has 3 nitrogen and oxygen atoms in total. The van der Waals surface area contributed by atoms with Gasteiger partial charge in [0.2, 0.25) is 6.79 Å². The van der Waals surface area contributed by atoms with Crippen molar-refractivity contribution >= 4 is 11.9 Å². The zero-order chi connectivity index (χ0) is 15.7. The number of carbonyl (C=O) groups is 1. The predicted molar refractivity (Wildman–Crippen MR) is 86.6 cm³/mol. The van der Waals surface area contributed by atoms with Crippen molar-refractivity contribution in [2.75, 3.05) is 6.79 Å². The fourth-order valence-corrected chi connectivity index (χ4v) is 2.84. The van der Waals surface area contributed by atoms with Gasteiger partial charge in [0.15, 0.2) is 17.3 Å². The molecule has 0 N–H and O–H groups in total. The molecule has 0 unspecified atom stereocenters. The molecule has 0 amide bonds. The van der Waals surface area contributed by atoms with E-state index in [1.165, 1.54) is 5.56 Å². The minimum Gasteiger partial charge on any atom is -0.454 e. The fraction of sp³-hybridized carbons (Fsp3) is 0.211. The van der Waals surface area contributed by atoms with Crippen LogP contribution in [0, 0.1) is 20.8 Å². The summed E-state index contributed by atoms with van der Waals surface area (Å²) in [7, 11) is 0. The molecule has 1 heterocycles. The van der Waals surface area contributed by atoms with Gasteiger partial charge in [-0.15, -0.1) is 0 Å². The molecule has 3 rings (SSSR count). The van der Waals surface area contributed by atoms with E-state index in [1.54, 1.807) is 6.08 Å². The fourth-order valence-electron chi connectivity index (χ4n) is 2.84. The number of hydrogen-bond donors (Lipinski definition) is 0. The van der Waals surface area contributed by atoms with Crippen molar-refractivity contribution in [1.29, 1.82) is 0 Å². The second-order valence-corrected chi connectivity index (χ2v) is 5.58. The van der Waals surface area contributed by atoms with Gasteiger partial charge in [0.1, 0.15) is 0 Å². The molecule has 1 aliphatic heterocycles. The van der Waals surface area contributed by atoms with Crippen LogP contribution in [-0.2, 0) is 0 Å². The molecule has 1 aliphatic rings. The highest BCUT2D eigenvalue weighted by molar-refractivity contribution is 6.08. The van der Waals surface area contributed by atoms with Gasteiger partial charge in [0.25, 0.3) is 0 Å². The maximum atomic E-state index is 12.5. The van der Waals surface area contributed by atoms with Crippen LogP contribution in [0.25, 0.3) is 6.08 Å². The van der Waals surface area contributed by atoms with Crippen LogP contribution >= 0.6 is 0 Å². The molecule has 0 saturated carbocycles. The number of hydrogen-bond acceptors (Lipinski definition) is 3. The lowest BCUT2D eigenvalue weighted by atomic mass is 9.96. The van der Waals surface area contributed by atoms with Gasteiger partial charge >= 0.3 is 0 Å². The molecule has 0 fully saturated rings. The van der Waals surface area contributed by atoms with Gasteiger partial charge in [-0.3, -0.25) is 4.79 Å². The first kappa shape index (κ1) is 14.4. The molecule has 0 aliphatic carbocycles. The number of allylic oxidation sites excluding steroid dienone is 1. The minimum absolute atomic E-state index is 0.0210. The van der Waals surface area contributed by atoms with Crippen LogP contribution in [0.3, 0.4) is 0 Å². The normalized spacial score (nSPS) is 12.9. The summed E-state index contributed by atoms with van der Waals surface area (Å²) in [6.07, 6.45) is 3.42. The van der Waals surface area contributed by atoms with E-state index >= 15 is 0 Å². The van der Waals surface area contributed by atoms with Crippen molar-refractivity contribution < 1.29 is 14.3 Å². The highest BCUT2D eigenvalue weighted by Crippen LogP contribution is 2.32. The zero-order valence-corrected chi connectivity index (χ0v) is 13.0. The molecule has 3 heteroatoms. The Morgan fingerprint density at radius 2 is 1.68 bits per heavy atom. The molecule has 0 spiro atoms.